The topological polar surface area (TPSA) is 75.4 Å². The zero-order chi connectivity index (χ0) is 14.0. The smallest absolute Gasteiger partial charge is 0.240 e. The fourth-order valence-electron chi connectivity index (χ4n) is 2.32. The van der Waals surface area contributed by atoms with E-state index in [1.54, 1.807) is 25.1 Å². The minimum atomic E-state index is -3.43. The lowest BCUT2D eigenvalue weighted by Crippen LogP contribution is -2.30. The molecule has 2 rings (SSSR count). The maximum atomic E-state index is 12.2. The molecule has 5 nitrogen and oxygen atoms in total. The highest BCUT2D eigenvalue weighted by Gasteiger charge is 2.22. The molecule has 1 aliphatic heterocycles. The first-order valence-electron chi connectivity index (χ1n) is 6.43. The van der Waals surface area contributed by atoms with Crippen LogP contribution in [0.2, 0.25) is 0 Å². The molecule has 1 saturated heterocycles. The highest BCUT2D eigenvalue weighted by atomic mass is 32.2. The fraction of sp³-hybridized carbons (Fsp3) is 0.538. The van der Waals surface area contributed by atoms with Crippen molar-refractivity contribution in [2.24, 2.45) is 5.92 Å². The van der Waals surface area contributed by atoms with Crippen molar-refractivity contribution in [1.29, 1.82) is 0 Å². The van der Waals surface area contributed by atoms with E-state index in [2.05, 4.69) is 16.7 Å². The molecule has 1 aromatic carbocycles. The number of sulfonamides is 1. The normalized spacial score (nSPS) is 20.8. The molecule has 0 spiro atoms. The summed E-state index contributed by atoms with van der Waals surface area (Å²) in [6.07, 6.45) is 1.04. The number of aryl methyl sites for hydroxylation is 1. The van der Waals surface area contributed by atoms with Crippen LogP contribution in [-0.2, 0) is 10.0 Å². The Balaban J connectivity index is 2.03. The van der Waals surface area contributed by atoms with Crippen LogP contribution < -0.4 is 10.5 Å². The zero-order valence-corrected chi connectivity index (χ0v) is 12.2. The Kier molecular flexibility index (Phi) is 4.13. The number of hydrogen-bond acceptors (Lipinski definition) is 4. The molecule has 106 valence electrons. The maximum Gasteiger partial charge on any atom is 0.240 e. The van der Waals surface area contributed by atoms with Crippen molar-refractivity contribution in [2.75, 3.05) is 32.4 Å². The van der Waals surface area contributed by atoms with Crippen LogP contribution in [0.4, 0.5) is 5.69 Å². The molecule has 1 aliphatic rings. The Morgan fingerprint density at radius 2 is 2.21 bits per heavy atom. The monoisotopic (exact) mass is 283 g/mol. The number of nitrogens with zero attached hydrogens (tertiary/aromatic N) is 1. The molecule has 0 saturated carbocycles. The lowest BCUT2D eigenvalue weighted by molar-refractivity contribution is 0.394. The quantitative estimate of drug-likeness (QED) is 0.802. The van der Waals surface area contributed by atoms with Crippen LogP contribution in [0.25, 0.3) is 0 Å². The summed E-state index contributed by atoms with van der Waals surface area (Å²) >= 11 is 0. The number of likely N-dealkylation sites (tertiary alicyclic amines) is 1. The zero-order valence-electron chi connectivity index (χ0n) is 11.4. The number of nitrogen functional groups attached to an aromatic ring is 1. The number of rotatable bonds is 4. The third-order valence-corrected chi connectivity index (χ3v) is 5.02. The molecule has 1 heterocycles. The van der Waals surface area contributed by atoms with Gasteiger partial charge in [0.2, 0.25) is 10.0 Å². The van der Waals surface area contributed by atoms with E-state index in [4.69, 9.17) is 5.73 Å². The van der Waals surface area contributed by atoms with Crippen LogP contribution in [0.1, 0.15) is 12.0 Å². The number of anilines is 1. The Bertz CT molecular complexity index is 557. The van der Waals surface area contributed by atoms with Gasteiger partial charge in [-0.3, -0.25) is 0 Å². The van der Waals surface area contributed by atoms with Crippen LogP contribution in [0.15, 0.2) is 23.1 Å². The van der Waals surface area contributed by atoms with Gasteiger partial charge < -0.3 is 10.6 Å². The van der Waals surface area contributed by atoms with Gasteiger partial charge in [0.25, 0.3) is 0 Å². The molecule has 0 amide bonds. The van der Waals surface area contributed by atoms with Crippen molar-refractivity contribution in [2.45, 2.75) is 18.2 Å². The second-order valence-corrected chi connectivity index (χ2v) is 7.05. The molecule has 1 unspecified atom stereocenters. The minimum absolute atomic E-state index is 0.283. The van der Waals surface area contributed by atoms with E-state index in [0.717, 1.165) is 25.1 Å². The molecule has 3 N–H and O–H groups in total. The summed E-state index contributed by atoms with van der Waals surface area (Å²) in [7, 11) is -1.38. The van der Waals surface area contributed by atoms with Gasteiger partial charge in [-0.05, 0) is 56.6 Å². The summed E-state index contributed by atoms with van der Waals surface area (Å²) in [5, 5.41) is 0. The van der Waals surface area contributed by atoms with E-state index in [1.807, 2.05) is 0 Å². The van der Waals surface area contributed by atoms with Gasteiger partial charge in [-0.2, -0.15) is 0 Å². The van der Waals surface area contributed by atoms with Crippen molar-refractivity contribution >= 4 is 15.7 Å². The van der Waals surface area contributed by atoms with Gasteiger partial charge in [0.15, 0.2) is 0 Å². The third kappa shape index (κ3) is 3.46. The Labute approximate surface area is 114 Å². The van der Waals surface area contributed by atoms with Crippen molar-refractivity contribution in [3.05, 3.63) is 23.8 Å². The van der Waals surface area contributed by atoms with E-state index >= 15 is 0 Å². The molecule has 6 heteroatoms. The first kappa shape index (κ1) is 14.3. The molecule has 1 fully saturated rings. The number of nitrogens with one attached hydrogen (secondary N) is 1. The van der Waals surface area contributed by atoms with Gasteiger partial charge in [-0.25, -0.2) is 13.1 Å². The Morgan fingerprint density at radius 3 is 2.79 bits per heavy atom. The van der Waals surface area contributed by atoms with E-state index in [0.29, 0.717) is 18.2 Å². The fourth-order valence-corrected chi connectivity index (χ4v) is 3.52. The molecular weight excluding hydrogens is 262 g/mol. The van der Waals surface area contributed by atoms with E-state index in [1.165, 1.54) is 0 Å². The van der Waals surface area contributed by atoms with Gasteiger partial charge in [-0.15, -0.1) is 0 Å². The first-order chi connectivity index (χ1) is 8.88. The summed E-state index contributed by atoms with van der Waals surface area (Å²) in [5.41, 5.74) is 7.09. The lowest BCUT2D eigenvalue weighted by Gasteiger charge is -2.12. The average Bonchev–Trinajstić information content (AvgIpc) is 2.76. The molecule has 1 atom stereocenters. The van der Waals surface area contributed by atoms with Gasteiger partial charge in [0.1, 0.15) is 0 Å². The number of nitrogens with two attached hydrogens (primary N) is 1. The summed E-state index contributed by atoms with van der Waals surface area (Å²) in [6.45, 7) is 4.28. The average molecular weight is 283 g/mol. The molecule has 0 aliphatic carbocycles. The minimum Gasteiger partial charge on any atom is -0.399 e. The highest BCUT2D eigenvalue weighted by Crippen LogP contribution is 2.18. The lowest BCUT2D eigenvalue weighted by atomic mass is 10.1. The van der Waals surface area contributed by atoms with E-state index in [-0.39, 0.29) is 4.90 Å². The Morgan fingerprint density at radius 1 is 1.47 bits per heavy atom. The summed E-state index contributed by atoms with van der Waals surface area (Å²) in [5.74, 6) is 0.398. The SMILES string of the molecule is Cc1cc(S(=O)(=O)NCC2CCN(C)C2)ccc1N. The summed E-state index contributed by atoms with van der Waals surface area (Å²) in [6, 6.07) is 4.79. The summed E-state index contributed by atoms with van der Waals surface area (Å²) in [4.78, 5) is 2.50. The predicted octanol–water partition coefficient (Wildman–Crippen LogP) is 0.807. The van der Waals surface area contributed by atoms with Crippen LogP contribution >= 0.6 is 0 Å². The van der Waals surface area contributed by atoms with Crippen LogP contribution in [-0.4, -0.2) is 40.0 Å². The maximum absolute atomic E-state index is 12.2. The molecule has 1 aromatic rings. The molecule has 19 heavy (non-hydrogen) atoms. The van der Waals surface area contributed by atoms with Gasteiger partial charge in [0, 0.05) is 18.8 Å². The van der Waals surface area contributed by atoms with E-state index in [9.17, 15) is 8.42 Å². The molecule has 0 aromatic heterocycles. The second-order valence-electron chi connectivity index (χ2n) is 5.29. The number of benzene rings is 1. The van der Waals surface area contributed by atoms with Crippen LogP contribution in [0.3, 0.4) is 0 Å². The molecule has 0 radical (unpaired) electrons. The first-order valence-corrected chi connectivity index (χ1v) is 7.91. The van der Waals surface area contributed by atoms with Gasteiger partial charge >= 0.3 is 0 Å². The van der Waals surface area contributed by atoms with Crippen molar-refractivity contribution in [3.8, 4) is 0 Å². The van der Waals surface area contributed by atoms with Crippen LogP contribution in [0, 0.1) is 12.8 Å². The van der Waals surface area contributed by atoms with Crippen molar-refractivity contribution in [1.82, 2.24) is 9.62 Å². The molecular formula is C13H21N3O2S. The van der Waals surface area contributed by atoms with Crippen molar-refractivity contribution < 1.29 is 8.42 Å². The van der Waals surface area contributed by atoms with Gasteiger partial charge in [-0.1, -0.05) is 0 Å². The van der Waals surface area contributed by atoms with Gasteiger partial charge in [0.05, 0.1) is 4.90 Å². The highest BCUT2D eigenvalue weighted by molar-refractivity contribution is 7.89. The number of hydrogen-bond donors (Lipinski definition) is 2. The second kappa shape index (κ2) is 5.48. The predicted molar refractivity (Wildman–Crippen MR) is 76.4 cm³/mol. The summed E-state index contributed by atoms with van der Waals surface area (Å²) < 4.78 is 27.0. The standard InChI is InChI=1S/C13H21N3O2S/c1-10-7-12(3-4-13(10)14)19(17,18)15-8-11-5-6-16(2)9-11/h3-4,7,11,15H,5-6,8-9,14H2,1-2H3. The largest absolute Gasteiger partial charge is 0.399 e. The Hall–Kier alpha value is -1.11. The molecule has 0 bridgehead atoms. The van der Waals surface area contributed by atoms with Crippen molar-refractivity contribution in [3.63, 3.8) is 0 Å². The van der Waals surface area contributed by atoms with Crippen LogP contribution in [0.5, 0.6) is 0 Å². The third-order valence-electron chi connectivity index (χ3n) is 3.60. The van der Waals surface area contributed by atoms with E-state index < -0.39 is 10.0 Å².